The van der Waals surface area contributed by atoms with Crippen LogP contribution in [0.1, 0.15) is 19.8 Å². The Balaban J connectivity index is 2.59. The number of nitriles is 1. The number of hydrogen-bond donors (Lipinski definition) is 1. The molecule has 0 radical (unpaired) electrons. The van der Waals surface area contributed by atoms with Crippen LogP contribution in [0.25, 0.3) is 0 Å². The summed E-state index contributed by atoms with van der Waals surface area (Å²) in [5.74, 6) is -0.134. The molecule has 3 heteroatoms. The highest BCUT2D eigenvalue weighted by Gasteiger charge is 2.21. The van der Waals surface area contributed by atoms with Crippen LogP contribution < -0.4 is 5.32 Å². The van der Waals surface area contributed by atoms with Crippen LogP contribution in [0.3, 0.4) is 0 Å². The Labute approximate surface area is 72.1 Å². The van der Waals surface area contributed by atoms with Gasteiger partial charge in [0.2, 0.25) is 5.91 Å². The van der Waals surface area contributed by atoms with E-state index in [1.165, 1.54) is 6.92 Å². The fourth-order valence-electron chi connectivity index (χ4n) is 1.36. The lowest BCUT2D eigenvalue weighted by atomic mass is 9.91. The van der Waals surface area contributed by atoms with Gasteiger partial charge in [-0.2, -0.15) is 5.26 Å². The summed E-state index contributed by atoms with van der Waals surface area (Å²) in [6.07, 6.45) is 5.69. The molecule has 64 valence electrons. The molecular weight excluding hydrogens is 152 g/mol. The molecule has 0 aromatic rings. The van der Waals surface area contributed by atoms with E-state index in [1.807, 2.05) is 12.2 Å². The van der Waals surface area contributed by atoms with Crippen LogP contribution in [-0.4, -0.2) is 11.9 Å². The van der Waals surface area contributed by atoms with Crippen molar-refractivity contribution in [3.05, 3.63) is 12.2 Å². The van der Waals surface area contributed by atoms with Gasteiger partial charge in [0.05, 0.1) is 18.0 Å². The van der Waals surface area contributed by atoms with Gasteiger partial charge in [-0.05, 0) is 12.8 Å². The first-order valence-corrected chi connectivity index (χ1v) is 4.07. The highest BCUT2D eigenvalue weighted by molar-refractivity contribution is 5.73. The first-order valence-electron chi connectivity index (χ1n) is 4.07. The van der Waals surface area contributed by atoms with Crippen molar-refractivity contribution in [2.45, 2.75) is 25.8 Å². The van der Waals surface area contributed by atoms with Crippen LogP contribution in [-0.2, 0) is 4.79 Å². The highest BCUT2D eigenvalue weighted by Crippen LogP contribution is 2.17. The van der Waals surface area contributed by atoms with Crippen LogP contribution in [0.2, 0.25) is 0 Å². The molecule has 0 aromatic carbocycles. The Morgan fingerprint density at radius 1 is 1.75 bits per heavy atom. The number of nitrogens with zero attached hydrogens (tertiary/aromatic N) is 1. The lowest BCUT2D eigenvalue weighted by Gasteiger charge is -2.22. The number of nitrogens with one attached hydrogen (secondary N) is 1. The normalized spacial score (nSPS) is 27.7. The Morgan fingerprint density at radius 2 is 2.50 bits per heavy atom. The smallest absolute Gasteiger partial charge is 0.217 e. The Hall–Kier alpha value is -1.30. The number of hydrogen-bond acceptors (Lipinski definition) is 2. The maximum Gasteiger partial charge on any atom is 0.217 e. The summed E-state index contributed by atoms with van der Waals surface area (Å²) in [5.41, 5.74) is 0. The number of allylic oxidation sites excluding steroid dienone is 1. The van der Waals surface area contributed by atoms with E-state index in [0.29, 0.717) is 0 Å². The molecule has 3 nitrogen and oxygen atoms in total. The minimum atomic E-state index is -0.0822. The molecule has 0 bridgehead atoms. The third kappa shape index (κ3) is 2.09. The molecule has 1 aliphatic carbocycles. The van der Waals surface area contributed by atoms with Crippen molar-refractivity contribution in [1.29, 1.82) is 5.26 Å². The van der Waals surface area contributed by atoms with Gasteiger partial charge in [-0.1, -0.05) is 12.2 Å². The van der Waals surface area contributed by atoms with Gasteiger partial charge >= 0.3 is 0 Å². The van der Waals surface area contributed by atoms with Gasteiger partial charge < -0.3 is 5.32 Å². The van der Waals surface area contributed by atoms with E-state index in [4.69, 9.17) is 5.26 Å². The zero-order valence-electron chi connectivity index (χ0n) is 7.08. The van der Waals surface area contributed by atoms with Gasteiger partial charge in [-0.25, -0.2) is 0 Å². The molecule has 0 saturated heterocycles. The van der Waals surface area contributed by atoms with Crippen molar-refractivity contribution in [2.75, 3.05) is 0 Å². The zero-order chi connectivity index (χ0) is 8.97. The van der Waals surface area contributed by atoms with E-state index >= 15 is 0 Å². The zero-order valence-corrected chi connectivity index (χ0v) is 7.08. The van der Waals surface area contributed by atoms with Gasteiger partial charge in [0.15, 0.2) is 0 Å². The van der Waals surface area contributed by atoms with Crippen molar-refractivity contribution >= 4 is 5.91 Å². The molecule has 0 fully saturated rings. The van der Waals surface area contributed by atoms with Gasteiger partial charge in [0.1, 0.15) is 0 Å². The molecule has 0 unspecified atom stereocenters. The Morgan fingerprint density at radius 3 is 3.08 bits per heavy atom. The van der Waals surface area contributed by atoms with Crippen molar-refractivity contribution in [3.8, 4) is 6.07 Å². The summed E-state index contributed by atoms with van der Waals surface area (Å²) in [7, 11) is 0. The van der Waals surface area contributed by atoms with Crippen LogP contribution >= 0.6 is 0 Å². The minimum absolute atomic E-state index is 0.0566. The third-order valence-electron chi connectivity index (χ3n) is 1.96. The van der Waals surface area contributed by atoms with Crippen LogP contribution in [0, 0.1) is 17.2 Å². The van der Waals surface area contributed by atoms with Gasteiger partial charge in [0.25, 0.3) is 0 Å². The van der Waals surface area contributed by atoms with Crippen molar-refractivity contribution in [3.63, 3.8) is 0 Å². The van der Waals surface area contributed by atoms with Crippen molar-refractivity contribution < 1.29 is 4.79 Å². The summed E-state index contributed by atoms with van der Waals surface area (Å²) >= 11 is 0. The standard InChI is InChI=1S/C9H12N2O/c1-7(12)11-9-5-3-2-4-8(9)6-10/h3,5,8-9H,2,4H2,1H3,(H,11,12)/t8-,9-/m1/s1. The summed E-state index contributed by atoms with van der Waals surface area (Å²) in [6, 6.07) is 2.11. The predicted molar refractivity (Wildman–Crippen MR) is 45.1 cm³/mol. The van der Waals surface area contributed by atoms with E-state index in [2.05, 4.69) is 11.4 Å². The van der Waals surface area contributed by atoms with Gasteiger partial charge in [0, 0.05) is 6.92 Å². The summed E-state index contributed by atoms with van der Waals surface area (Å²) < 4.78 is 0. The summed E-state index contributed by atoms with van der Waals surface area (Å²) in [4.78, 5) is 10.7. The molecule has 0 aliphatic heterocycles. The van der Waals surface area contributed by atoms with E-state index in [0.717, 1.165) is 12.8 Å². The van der Waals surface area contributed by atoms with E-state index < -0.39 is 0 Å². The second kappa shape index (κ2) is 3.91. The fourth-order valence-corrected chi connectivity index (χ4v) is 1.36. The molecular formula is C9H12N2O. The van der Waals surface area contributed by atoms with Gasteiger partial charge in [-0.15, -0.1) is 0 Å². The monoisotopic (exact) mass is 164 g/mol. The second-order valence-electron chi connectivity index (χ2n) is 2.97. The van der Waals surface area contributed by atoms with Crippen LogP contribution in [0.15, 0.2) is 12.2 Å². The van der Waals surface area contributed by atoms with E-state index in [9.17, 15) is 4.79 Å². The van der Waals surface area contributed by atoms with Crippen molar-refractivity contribution in [2.24, 2.45) is 5.92 Å². The van der Waals surface area contributed by atoms with E-state index in [1.54, 1.807) is 0 Å². The van der Waals surface area contributed by atoms with Crippen LogP contribution in [0.5, 0.6) is 0 Å². The molecule has 1 rings (SSSR count). The first kappa shape index (κ1) is 8.79. The molecule has 0 aromatic heterocycles. The van der Waals surface area contributed by atoms with E-state index in [-0.39, 0.29) is 17.9 Å². The maximum absolute atomic E-state index is 10.7. The summed E-state index contributed by atoms with van der Waals surface area (Å²) in [6.45, 7) is 1.47. The molecule has 0 heterocycles. The quantitative estimate of drug-likeness (QED) is 0.587. The Kier molecular flexibility index (Phi) is 2.87. The first-order chi connectivity index (χ1) is 5.74. The lowest BCUT2D eigenvalue weighted by Crippen LogP contribution is -2.38. The number of carbonyl (C=O) groups is 1. The predicted octanol–water partition coefficient (Wildman–Crippen LogP) is 0.981. The fraction of sp³-hybridized carbons (Fsp3) is 0.556. The van der Waals surface area contributed by atoms with Crippen molar-refractivity contribution in [1.82, 2.24) is 5.32 Å². The lowest BCUT2D eigenvalue weighted by molar-refractivity contribution is -0.119. The molecule has 0 saturated carbocycles. The number of rotatable bonds is 1. The van der Waals surface area contributed by atoms with Gasteiger partial charge in [-0.3, -0.25) is 4.79 Å². The minimum Gasteiger partial charge on any atom is -0.349 e. The SMILES string of the molecule is CC(=O)N[C@@H]1C=CCC[C@@H]1C#N. The second-order valence-corrected chi connectivity index (χ2v) is 2.97. The molecule has 1 aliphatic rings. The molecule has 2 atom stereocenters. The average Bonchev–Trinajstić information content (AvgIpc) is 2.04. The largest absolute Gasteiger partial charge is 0.349 e. The summed E-state index contributed by atoms with van der Waals surface area (Å²) in [5, 5.41) is 11.5. The number of amides is 1. The molecule has 1 N–H and O–H groups in total. The topological polar surface area (TPSA) is 52.9 Å². The highest BCUT2D eigenvalue weighted by atomic mass is 16.1. The molecule has 0 spiro atoms. The molecule has 12 heavy (non-hydrogen) atoms. The Bertz CT molecular complexity index is 239. The van der Waals surface area contributed by atoms with Crippen LogP contribution in [0.4, 0.5) is 0 Å². The molecule has 1 amide bonds. The number of carbonyl (C=O) groups excluding carboxylic acids is 1. The third-order valence-corrected chi connectivity index (χ3v) is 1.96. The maximum atomic E-state index is 10.7. The average molecular weight is 164 g/mol.